The predicted octanol–water partition coefficient (Wildman–Crippen LogP) is 0.584. The number of phenols is 3. The maximum atomic E-state index is 10.8. The summed E-state index contributed by atoms with van der Waals surface area (Å²) < 4.78 is 4.80. The van der Waals surface area contributed by atoms with Crippen molar-refractivity contribution in [2.24, 2.45) is 0 Å². The van der Waals surface area contributed by atoms with E-state index < -0.39 is 12.2 Å². The van der Waals surface area contributed by atoms with Gasteiger partial charge >= 0.3 is 6.09 Å². The second kappa shape index (κ2) is 3.23. The largest absolute Gasteiger partial charge is 0.508 e. The summed E-state index contributed by atoms with van der Waals surface area (Å²) in [6.07, 6.45) is -1.34. The van der Waals surface area contributed by atoms with Crippen LogP contribution in [0.1, 0.15) is 11.7 Å². The fourth-order valence-corrected chi connectivity index (χ4v) is 1.49. The van der Waals surface area contributed by atoms with Gasteiger partial charge in [0.1, 0.15) is 17.2 Å². The van der Waals surface area contributed by atoms with Crippen LogP contribution in [-0.4, -0.2) is 28.0 Å². The van der Waals surface area contributed by atoms with Gasteiger partial charge in [-0.3, -0.25) is 0 Å². The van der Waals surface area contributed by atoms with Gasteiger partial charge in [0.25, 0.3) is 0 Å². The number of carbonyl (C=O) groups excluding carboxylic acids is 1. The first-order chi connectivity index (χ1) is 7.08. The third kappa shape index (κ3) is 1.61. The van der Waals surface area contributed by atoms with E-state index in [1.165, 1.54) is 0 Å². The lowest BCUT2D eigenvalue weighted by molar-refractivity contribution is 0.138. The Bertz CT molecular complexity index is 394. The first-order valence-electron chi connectivity index (χ1n) is 4.27. The third-order valence-electron chi connectivity index (χ3n) is 2.12. The fourth-order valence-electron chi connectivity index (χ4n) is 1.49. The quantitative estimate of drug-likeness (QED) is 0.544. The Labute approximate surface area is 84.7 Å². The predicted molar refractivity (Wildman–Crippen MR) is 48.7 cm³/mol. The Morgan fingerprint density at radius 2 is 1.87 bits per heavy atom. The van der Waals surface area contributed by atoms with E-state index >= 15 is 0 Å². The molecule has 2 rings (SSSR count). The molecular formula is C9H9NO5. The van der Waals surface area contributed by atoms with Gasteiger partial charge in [-0.1, -0.05) is 0 Å². The summed E-state index contributed by atoms with van der Waals surface area (Å²) in [5, 5.41) is 30.4. The van der Waals surface area contributed by atoms with Crippen LogP contribution in [0.5, 0.6) is 17.2 Å². The average molecular weight is 211 g/mol. The summed E-state index contributed by atoms with van der Waals surface area (Å²) in [6, 6.07) is 2.14. The summed E-state index contributed by atoms with van der Waals surface area (Å²) in [6.45, 7) is 0.171. The second-order valence-corrected chi connectivity index (χ2v) is 3.17. The SMILES string of the molecule is O=C1NCC(c2c(O)cc(O)cc2O)O1. The van der Waals surface area contributed by atoms with Crippen LogP contribution < -0.4 is 5.32 Å². The van der Waals surface area contributed by atoms with Gasteiger partial charge in [0, 0.05) is 12.1 Å². The van der Waals surface area contributed by atoms with Gasteiger partial charge in [-0.2, -0.15) is 0 Å². The number of alkyl carbamates (subject to hydrolysis) is 1. The van der Waals surface area contributed by atoms with E-state index in [9.17, 15) is 15.0 Å². The average Bonchev–Trinajstić information content (AvgIpc) is 2.49. The van der Waals surface area contributed by atoms with Crippen molar-refractivity contribution in [3.63, 3.8) is 0 Å². The molecule has 0 radical (unpaired) electrons. The molecule has 6 heteroatoms. The molecule has 1 aliphatic rings. The van der Waals surface area contributed by atoms with E-state index in [4.69, 9.17) is 9.84 Å². The lowest BCUT2D eigenvalue weighted by Crippen LogP contribution is -2.12. The van der Waals surface area contributed by atoms with Crippen molar-refractivity contribution in [2.45, 2.75) is 6.10 Å². The van der Waals surface area contributed by atoms with E-state index in [2.05, 4.69) is 5.32 Å². The molecule has 1 aromatic carbocycles. The van der Waals surface area contributed by atoms with Crippen LogP contribution in [-0.2, 0) is 4.74 Å². The Morgan fingerprint density at radius 3 is 2.33 bits per heavy atom. The number of benzene rings is 1. The molecule has 0 spiro atoms. The lowest BCUT2D eigenvalue weighted by Gasteiger charge is -2.12. The van der Waals surface area contributed by atoms with Crippen molar-refractivity contribution in [1.29, 1.82) is 0 Å². The number of amides is 1. The molecule has 0 bridgehead atoms. The highest BCUT2D eigenvalue weighted by atomic mass is 16.6. The Kier molecular flexibility index (Phi) is 2.03. The number of aromatic hydroxyl groups is 3. The van der Waals surface area contributed by atoms with Gasteiger partial charge in [0.2, 0.25) is 0 Å². The first kappa shape index (κ1) is 9.45. The number of carbonyl (C=O) groups is 1. The molecule has 1 saturated heterocycles. The number of ether oxygens (including phenoxy) is 1. The van der Waals surface area contributed by atoms with Crippen molar-refractivity contribution >= 4 is 6.09 Å². The highest BCUT2D eigenvalue weighted by Gasteiger charge is 2.29. The second-order valence-electron chi connectivity index (χ2n) is 3.17. The summed E-state index contributed by atoms with van der Waals surface area (Å²) >= 11 is 0. The fraction of sp³-hybridized carbons (Fsp3) is 0.222. The van der Waals surface area contributed by atoms with Crippen LogP contribution in [0.15, 0.2) is 12.1 Å². The Hall–Kier alpha value is -2.11. The maximum Gasteiger partial charge on any atom is 0.407 e. The number of rotatable bonds is 1. The molecule has 15 heavy (non-hydrogen) atoms. The van der Waals surface area contributed by atoms with Gasteiger partial charge < -0.3 is 25.4 Å². The van der Waals surface area contributed by atoms with Gasteiger partial charge in [0.05, 0.1) is 12.1 Å². The highest BCUT2D eigenvalue weighted by molar-refractivity contribution is 5.70. The lowest BCUT2D eigenvalue weighted by atomic mass is 10.1. The molecule has 1 amide bonds. The summed E-state index contributed by atoms with van der Waals surface area (Å²) in [5.41, 5.74) is 0.0890. The van der Waals surface area contributed by atoms with Crippen LogP contribution in [0.2, 0.25) is 0 Å². The first-order valence-corrected chi connectivity index (χ1v) is 4.27. The third-order valence-corrected chi connectivity index (χ3v) is 2.12. The minimum absolute atomic E-state index is 0.0890. The van der Waals surface area contributed by atoms with Crippen LogP contribution >= 0.6 is 0 Å². The van der Waals surface area contributed by atoms with Gasteiger partial charge in [-0.15, -0.1) is 0 Å². The van der Waals surface area contributed by atoms with Gasteiger partial charge in [-0.25, -0.2) is 4.79 Å². The molecule has 6 nitrogen and oxygen atoms in total. The Morgan fingerprint density at radius 1 is 1.27 bits per heavy atom. The standard InChI is InChI=1S/C9H9NO5/c11-4-1-5(12)8(6(13)2-4)7-3-10-9(14)15-7/h1-2,7,11-13H,3H2,(H,10,14). The minimum Gasteiger partial charge on any atom is -0.508 e. The van der Waals surface area contributed by atoms with Gasteiger partial charge in [-0.05, 0) is 0 Å². The van der Waals surface area contributed by atoms with E-state index in [0.717, 1.165) is 12.1 Å². The number of phenolic OH excluding ortho intramolecular Hbond substituents is 3. The normalized spacial score (nSPS) is 19.7. The van der Waals surface area contributed by atoms with Crippen molar-refractivity contribution in [3.05, 3.63) is 17.7 Å². The number of hydrogen-bond donors (Lipinski definition) is 4. The van der Waals surface area contributed by atoms with Crippen LogP contribution in [0, 0.1) is 0 Å². The molecule has 1 aliphatic heterocycles. The summed E-state index contributed by atoms with van der Waals surface area (Å²) in [5.74, 6) is -0.881. The van der Waals surface area contributed by atoms with Gasteiger partial charge in [0.15, 0.2) is 6.10 Å². The molecule has 1 unspecified atom stereocenters. The number of nitrogens with one attached hydrogen (secondary N) is 1. The van der Waals surface area contributed by atoms with E-state index in [1.807, 2.05) is 0 Å². The zero-order valence-corrected chi connectivity index (χ0v) is 7.60. The maximum absolute atomic E-state index is 10.8. The van der Waals surface area contributed by atoms with Crippen LogP contribution in [0.25, 0.3) is 0 Å². The highest BCUT2D eigenvalue weighted by Crippen LogP contribution is 2.38. The summed E-state index contributed by atoms with van der Waals surface area (Å²) in [4.78, 5) is 10.8. The molecular weight excluding hydrogens is 202 g/mol. The molecule has 1 atom stereocenters. The molecule has 80 valence electrons. The summed E-state index contributed by atoms with van der Waals surface area (Å²) in [7, 11) is 0. The van der Waals surface area contributed by atoms with Crippen molar-refractivity contribution < 1.29 is 24.9 Å². The van der Waals surface area contributed by atoms with Crippen molar-refractivity contribution in [1.82, 2.24) is 5.32 Å². The minimum atomic E-state index is -0.738. The van der Waals surface area contributed by atoms with E-state index in [0.29, 0.717) is 0 Å². The molecule has 0 aliphatic carbocycles. The van der Waals surface area contributed by atoms with Crippen LogP contribution in [0.4, 0.5) is 4.79 Å². The molecule has 4 N–H and O–H groups in total. The van der Waals surface area contributed by atoms with E-state index in [1.54, 1.807) is 0 Å². The molecule has 0 saturated carbocycles. The monoisotopic (exact) mass is 211 g/mol. The van der Waals surface area contributed by atoms with E-state index in [-0.39, 0.29) is 29.4 Å². The topological polar surface area (TPSA) is 99.0 Å². The zero-order valence-electron chi connectivity index (χ0n) is 7.60. The number of cyclic esters (lactones) is 1. The Balaban J connectivity index is 2.39. The zero-order chi connectivity index (χ0) is 11.0. The molecule has 0 aromatic heterocycles. The molecule has 1 aromatic rings. The van der Waals surface area contributed by atoms with Crippen LogP contribution in [0.3, 0.4) is 0 Å². The molecule has 1 heterocycles. The van der Waals surface area contributed by atoms with Crippen molar-refractivity contribution in [3.8, 4) is 17.2 Å². The number of hydrogen-bond acceptors (Lipinski definition) is 5. The molecule has 1 fully saturated rings. The smallest absolute Gasteiger partial charge is 0.407 e. The van der Waals surface area contributed by atoms with Crippen molar-refractivity contribution in [2.75, 3.05) is 6.54 Å².